The van der Waals surface area contributed by atoms with Crippen molar-refractivity contribution in [3.8, 4) is 12.3 Å². The van der Waals surface area contributed by atoms with Crippen LogP contribution in [-0.2, 0) is 6.54 Å². The highest BCUT2D eigenvalue weighted by atomic mass is 79.9. The highest BCUT2D eigenvalue weighted by Gasteiger charge is 1.97. The molecule has 0 aromatic heterocycles. The largest absolute Gasteiger partial charge is 0.302 e. The second kappa shape index (κ2) is 5.00. The summed E-state index contributed by atoms with van der Waals surface area (Å²) < 4.78 is 13.6. The average Bonchev–Trinajstić information content (AvgIpc) is 2.03. The lowest BCUT2D eigenvalue weighted by molar-refractivity contribution is 0.622. The van der Waals surface area contributed by atoms with Crippen LogP contribution < -0.4 is 5.32 Å². The van der Waals surface area contributed by atoms with Gasteiger partial charge in [0.2, 0.25) is 0 Å². The molecule has 0 spiro atoms. The Morgan fingerprint density at radius 1 is 1.46 bits per heavy atom. The standard InChI is InChI=1S/C10H9BrFN/c1-2-3-13-7-8-4-9(11)6-10(12)5-8/h1,4-6,13H,3,7H2. The molecular weight excluding hydrogens is 233 g/mol. The van der Waals surface area contributed by atoms with Gasteiger partial charge in [-0.05, 0) is 23.8 Å². The lowest BCUT2D eigenvalue weighted by atomic mass is 10.2. The predicted molar refractivity (Wildman–Crippen MR) is 54.6 cm³/mol. The van der Waals surface area contributed by atoms with E-state index in [1.165, 1.54) is 12.1 Å². The van der Waals surface area contributed by atoms with Crippen LogP contribution in [0, 0.1) is 18.2 Å². The third kappa shape index (κ3) is 3.58. The fourth-order valence-electron chi connectivity index (χ4n) is 0.992. The minimum Gasteiger partial charge on any atom is -0.302 e. The van der Waals surface area contributed by atoms with Gasteiger partial charge in [-0.3, -0.25) is 0 Å². The molecule has 0 aliphatic rings. The molecule has 1 aromatic rings. The van der Waals surface area contributed by atoms with Crippen molar-refractivity contribution < 1.29 is 4.39 Å². The molecule has 1 aromatic carbocycles. The van der Waals surface area contributed by atoms with E-state index in [1.54, 1.807) is 0 Å². The maximum absolute atomic E-state index is 12.8. The molecule has 0 atom stereocenters. The molecule has 0 aliphatic carbocycles. The highest BCUT2D eigenvalue weighted by Crippen LogP contribution is 2.14. The summed E-state index contributed by atoms with van der Waals surface area (Å²) in [7, 11) is 0. The average molecular weight is 242 g/mol. The Bertz CT molecular complexity index is 310. The van der Waals surface area contributed by atoms with Crippen molar-refractivity contribution in [3.63, 3.8) is 0 Å². The number of benzene rings is 1. The first-order valence-corrected chi connectivity index (χ1v) is 4.61. The van der Waals surface area contributed by atoms with Crippen LogP contribution in [-0.4, -0.2) is 6.54 Å². The lowest BCUT2D eigenvalue weighted by Gasteiger charge is -2.02. The number of rotatable bonds is 3. The number of hydrogen-bond acceptors (Lipinski definition) is 1. The zero-order valence-corrected chi connectivity index (χ0v) is 8.57. The predicted octanol–water partition coefficient (Wildman–Crippen LogP) is 2.31. The van der Waals surface area contributed by atoms with Crippen LogP contribution in [0.25, 0.3) is 0 Å². The van der Waals surface area contributed by atoms with Crippen molar-refractivity contribution >= 4 is 15.9 Å². The zero-order chi connectivity index (χ0) is 9.68. The van der Waals surface area contributed by atoms with E-state index in [1.807, 2.05) is 6.07 Å². The number of halogens is 2. The first-order chi connectivity index (χ1) is 6.22. The topological polar surface area (TPSA) is 12.0 Å². The van der Waals surface area contributed by atoms with Crippen molar-refractivity contribution in [2.75, 3.05) is 6.54 Å². The fourth-order valence-corrected chi connectivity index (χ4v) is 1.50. The number of hydrogen-bond donors (Lipinski definition) is 1. The first kappa shape index (κ1) is 10.2. The summed E-state index contributed by atoms with van der Waals surface area (Å²) in [6.07, 6.45) is 5.06. The quantitative estimate of drug-likeness (QED) is 0.633. The second-order valence-electron chi connectivity index (χ2n) is 2.59. The molecule has 3 heteroatoms. The van der Waals surface area contributed by atoms with E-state index >= 15 is 0 Å². The molecule has 13 heavy (non-hydrogen) atoms. The molecule has 0 saturated carbocycles. The van der Waals surface area contributed by atoms with Crippen LogP contribution in [0.4, 0.5) is 4.39 Å². The molecule has 0 heterocycles. The van der Waals surface area contributed by atoms with E-state index in [2.05, 4.69) is 27.2 Å². The monoisotopic (exact) mass is 241 g/mol. The summed E-state index contributed by atoms with van der Waals surface area (Å²) >= 11 is 3.21. The molecule has 0 saturated heterocycles. The normalized spacial score (nSPS) is 9.62. The van der Waals surface area contributed by atoms with Gasteiger partial charge in [0.1, 0.15) is 5.82 Å². The smallest absolute Gasteiger partial charge is 0.124 e. The van der Waals surface area contributed by atoms with Crippen molar-refractivity contribution in [3.05, 3.63) is 34.1 Å². The Morgan fingerprint density at radius 2 is 2.23 bits per heavy atom. The van der Waals surface area contributed by atoms with Crippen LogP contribution in [0.3, 0.4) is 0 Å². The van der Waals surface area contributed by atoms with Crippen LogP contribution in [0.1, 0.15) is 5.56 Å². The van der Waals surface area contributed by atoms with Crippen molar-refractivity contribution in [1.82, 2.24) is 5.32 Å². The van der Waals surface area contributed by atoms with Gasteiger partial charge in [-0.15, -0.1) is 6.42 Å². The fraction of sp³-hybridized carbons (Fsp3) is 0.200. The zero-order valence-electron chi connectivity index (χ0n) is 6.98. The van der Waals surface area contributed by atoms with Gasteiger partial charge in [-0.1, -0.05) is 21.9 Å². The van der Waals surface area contributed by atoms with Crippen LogP contribution >= 0.6 is 15.9 Å². The summed E-state index contributed by atoms with van der Waals surface area (Å²) in [6, 6.07) is 4.76. The van der Waals surface area contributed by atoms with E-state index in [0.29, 0.717) is 13.1 Å². The maximum Gasteiger partial charge on any atom is 0.124 e. The van der Waals surface area contributed by atoms with Crippen molar-refractivity contribution in [2.24, 2.45) is 0 Å². The SMILES string of the molecule is C#CCNCc1cc(F)cc(Br)c1. The molecule has 0 amide bonds. The molecule has 0 aliphatic heterocycles. The van der Waals surface area contributed by atoms with Crippen molar-refractivity contribution in [2.45, 2.75) is 6.54 Å². The Morgan fingerprint density at radius 3 is 2.85 bits per heavy atom. The van der Waals surface area contributed by atoms with Gasteiger partial charge < -0.3 is 5.32 Å². The summed E-state index contributed by atoms with van der Waals surface area (Å²) in [4.78, 5) is 0. The van der Waals surface area contributed by atoms with Gasteiger partial charge in [0.05, 0.1) is 6.54 Å². The van der Waals surface area contributed by atoms with Gasteiger partial charge in [0.15, 0.2) is 0 Å². The molecular formula is C10H9BrFN. The third-order valence-corrected chi connectivity index (χ3v) is 1.94. The minimum absolute atomic E-state index is 0.244. The maximum atomic E-state index is 12.8. The van der Waals surface area contributed by atoms with Gasteiger partial charge in [-0.2, -0.15) is 0 Å². The number of nitrogens with one attached hydrogen (secondary N) is 1. The van der Waals surface area contributed by atoms with Gasteiger partial charge in [0, 0.05) is 11.0 Å². The van der Waals surface area contributed by atoms with Crippen LogP contribution in [0.2, 0.25) is 0 Å². The Hall–Kier alpha value is -0.850. The van der Waals surface area contributed by atoms with Crippen molar-refractivity contribution in [1.29, 1.82) is 0 Å². The molecule has 0 radical (unpaired) electrons. The third-order valence-electron chi connectivity index (χ3n) is 1.48. The summed E-state index contributed by atoms with van der Waals surface area (Å²) in [6.45, 7) is 1.08. The van der Waals surface area contributed by atoms with Gasteiger partial charge in [0.25, 0.3) is 0 Å². The molecule has 68 valence electrons. The molecule has 1 nitrogen and oxygen atoms in total. The van der Waals surface area contributed by atoms with E-state index < -0.39 is 0 Å². The Labute approximate surface area is 85.5 Å². The molecule has 1 rings (SSSR count). The molecule has 0 fully saturated rings. The Kier molecular flexibility index (Phi) is 3.94. The molecule has 1 N–H and O–H groups in total. The first-order valence-electron chi connectivity index (χ1n) is 3.81. The van der Waals surface area contributed by atoms with E-state index in [0.717, 1.165) is 10.0 Å². The molecule has 0 unspecified atom stereocenters. The van der Waals surface area contributed by atoms with Gasteiger partial charge >= 0.3 is 0 Å². The molecule has 0 bridgehead atoms. The highest BCUT2D eigenvalue weighted by molar-refractivity contribution is 9.10. The summed E-state index contributed by atoms with van der Waals surface area (Å²) in [5, 5.41) is 2.98. The van der Waals surface area contributed by atoms with Gasteiger partial charge in [-0.25, -0.2) is 4.39 Å². The van der Waals surface area contributed by atoms with E-state index in [4.69, 9.17) is 6.42 Å². The summed E-state index contributed by atoms with van der Waals surface area (Å²) in [5.41, 5.74) is 0.877. The minimum atomic E-state index is -0.244. The van der Waals surface area contributed by atoms with Crippen LogP contribution in [0.15, 0.2) is 22.7 Å². The second-order valence-corrected chi connectivity index (χ2v) is 3.50. The Balaban J connectivity index is 2.62. The lowest BCUT2D eigenvalue weighted by Crippen LogP contribution is -2.13. The van der Waals surface area contributed by atoms with Crippen LogP contribution in [0.5, 0.6) is 0 Å². The van der Waals surface area contributed by atoms with E-state index in [9.17, 15) is 4.39 Å². The number of terminal acetylenes is 1. The van der Waals surface area contributed by atoms with E-state index in [-0.39, 0.29) is 5.82 Å². The summed E-state index contributed by atoms with van der Waals surface area (Å²) in [5.74, 6) is 2.21.